The van der Waals surface area contributed by atoms with Gasteiger partial charge in [0.1, 0.15) is 18.5 Å². The first-order chi connectivity index (χ1) is 17.8. The number of rotatable bonds is 24. The minimum Gasteiger partial charge on any atom is -0.356 e. The van der Waals surface area contributed by atoms with Gasteiger partial charge in [-0.3, -0.25) is 4.79 Å². The van der Waals surface area contributed by atoms with Gasteiger partial charge in [0.05, 0.1) is 6.54 Å². The number of unbranched alkanes of at least 4 members (excludes halogenated alkanes) is 14. The van der Waals surface area contributed by atoms with Crippen LogP contribution in [0.15, 0.2) is 43.0 Å². The number of imidazole rings is 1. The highest BCUT2D eigenvalue weighted by atomic mass is 16.1. The smallest absolute Gasteiger partial charge is 0.244 e. The average molecular weight is 498 g/mol. The van der Waals surface area contributed by atoms with Crippen molar-refractivity contribution < 1.29 is 9.36 Å². The lowest BCUT2D eigenvalue weighted by molar-refractivity contribution is -0.696. The molecular formula is C31H53N4O+. The molecule has 1 aromatic heterocycles. The normalized spacial score (nSPS) is 11.4. The van der Waals surface area contributed by atoms with E-state index in [4.69, 9.17) is 5.26 Å². The van der Waals surface area contributed by atoms with Gasteiger partial charge < -0.3 is 5.32 Å². The van der Waals surface area contributed by atoms with Gasteiger partial charge in [0.15, 0.2) is 6.54 Å². The van der Waals surface area contributed by atoms with E-state index >= 15 is 0 Å². The standard InChI is InChI=1S/C31H52N4O/c1-2-3-4-5-6-7-8-9-10-11-12-13-14-15-16-17-18-19-20-21-23-31(36)33-25-22-26-34-28-29-35(30-34)27-24-32/h11-14,28-30H,2-10,15-23,25-27H2,1H3/p+1. The maximum atomic E-state index is 12.0. The molecule has 0 radical (unpaired) electrons. The Morgan fingerprint density at radius 2 is 1.44 bits per heavy atom. The van der Waals surface area contributed by atoms with Crippen molar-refractivity contribution in [3.05, 3.63) is 43.0 Å². The molecule has 1 N–H and O–H groups in total. The minimum atomic E-state index is 0.169. The highest BCUT2D eigenvalue weighted by Crippen LogP contribution is 2.10. The third-order valence-electron chi connectivity index (χ3n) is 6.55. The summed E-state index contributed by atoms with van der Waals surface area (Å²) in [6, 6.07) is 2.13. The molecule has 1 heterocycles. The first kappa shape index (κ1) is 31.7. The van der Waals surface area contributed by atoms with Gasteiger partial charge in [-0.15, -0.1) is 0 Å². The molecule has 0 saturated carbocycles. The largest absolute Gasteiger partial charge is 0.356 e. The second-order valence-corrected chi connectivity index (χ2v) is 9.97. The van der Waals surface area contributed by atoms with Crippen molar-refractivity contribution in [1.82, 2.24) is 9.88 Å². The Morgan fingerprint density at radius 1 is 0.861 bits per heavy atom. The molecule has 0 aromatic carbocycles. The van der Waals surface area contributed by atoms with Gasteiger partial charge in [0, 0.05) is 19.4 Å². The van der Waals surface area contributed by atoms with Crippen LogP contribution in [0.3, 0.4) is 0 Å². The molecule has 1 aromatic rings. The summed E-state index contributed by atoms with van der Waals surface area (Å²) < 4.78 is 3.90. The Hall–Kier alpha value is -2.35. The number of amides is 1. The Morgan fingerprint density at radius 3 is 2.06 bits per heavy atom. The molecule has 0 spiro atoms. The Labute approximate surface area is 221 Å². The highest BCUT2D eigenvalue weighted by molar-refractivity contribution is 5.75. The molecule has 0 unspecified atom stereocenters. The van der Waals surface area contributed by atoms with Gasteiger partial charge in [-0.05, 0) is 32.1 Å². The molecule has 1 amide bonds. The molecule has 0 aliphatic carbocycles. The van der Waals surface area contributed by atoms with E-state index < -0.39 is 0 Å². The molecule has 5 nitrogen and oxygen atoms in total. The van der Waals surface area contributed by atoms with E-state index in [1.54, 1.807) is 0 Å². The maximum absolute atomic E-state index is 12.0. The van der Waals surface area contributed by atoms with Crippen molar-refractivity contribution in [2.45, 2.75) is 136 Å². The number of allylic oxidation sites excluding steroid dienone is 4. The molecule has 5 heteroatoms. The number of carbonyl (C=O) groups excluding carboxylic acids is 1. The summed E-state index contributed by atoms with van der Waals surface area (Å²) in [7, 11) is 0. The number of aromatic nitrogens is 2. The number of nitrogens with one attached hydrogen (secondary N) is 1. The van der Waals surface area contributed by atoms with E-state index in [1.807, 2.05) is 23.3 Å². The minimum absolute atomic E-state index is 0.169. The van der Waals surface area contributed by atoms with Crippen molar-refractivity contribution in [3.63, 3.8) is 0 Å². The molecule has 0 bridgehead atoms. The number of carbonyl (C=O) groups is 1. The molecule has 0 atom stereocenters. The second-order valence-electron chi connectivity index (χ2n) is 9.97. The van der Waals surface area contributed by atoms with Gasteiger partial charge in [-0.25, -0.2) is 9.13 Å². The monoisotopic (exact) mass is 497 g/mol. The van der Waals surface area contributed by atoms with E-state index in [9.17, 15) is 4.79 Å². The third kappa shape index (κ3) is 19.9. The van der Waals surface area contributed by atoms with E-state index in [-0.39, 0.29) is 5.91 Å². The van der Waals surface area contributed by atoms with Gasteiger partial charge in [0.2, 0.25) is 12.2 Å². The lowest BCUT2D eigenvalue weighted by atomic mass is 10.1. The summed E-state index contributed by atoms with van der Waals surface area (Å²) in [5.41, 5.74) is 0. The predicted molar refractivity (Wildman–Crippen MR) is 150 cm³/mol. The molecule has 0 aliphatic rings. The fraction of sp³-hybridized carbons (Fsp3) is 0.710. The lowest BCUT2D eigenvalue weighted by Gasteiger charge is -2.04. The summed E-state index contributed by atoms with van der Waals surface area (Å²) >= 11 is 0. The molecule has 0 fully saturated rings. The van der Waals surface area contributed by atoms with Crippen LogP contribution in [-0.2, 0) is 17.9 Å². The lowest BCUT2D eigenvalue weighted by Crippen LogP contribution is -2.34. The van der Waals surface area contributed by atoms with Crippen LogP contribution in [0.2, 0.25) is 0 Å². The Balaban J connectivity index is 1.81. The van der Waals surface area contributed by atoms with Crippen LogP contribution in [0.25, 0.3) is 0 Å². The van der Waals surface area contributed by atoms with Gasteiger partial charge >= 0.3 is 0 Å². The number of nitriles is 1. The summed E-state index contributed by atoms with van der Waals surface area (Å²) in [6.07, 6.45) is 37.1. The zero-order valence-corrected chi connectivity index (χ0v) is 23.1. The van der Waals surface area contributed by atoms with E-state index in [1.165, 1.54) is 89.9 Å². The molecule has 0 saturated heterocycles. The summed E-state index contributed by atoms with van der Waals surface area (Å²) in [5.74, 6) is 0.169. The second kappa shape index (κ2) is 24.3. The van der Waals surface area contributed by atoms with Crippen molar-refractivity contribution in [2.24, 2.45) is 0 Å². The summed E-state index contributed by atoms with van der Waals surface area (Å²) in [6.45, 7) is 4.21. The van der Waals surface area contributed by atoms with Crippen LogP contribution in [0.4, 0.5) is 0 Å². The molecular weight excluding hydrogens is 444 g/mol. The molecule has 0 aliphatic heterocycles. The van der Waals surface area contributed by atoms with Crippen molar-refractivity contribution >= 4 is 5.91 Å². The summed E-state index contributed by atoms with van der Waals surface area (Å²) in [5, 5.41) is 11.7. The summed E-state index contributed by atoms with van der Waals surface area (Å²) in [4.78, 5) is 12.0. The fourth-order valence-corrected chi connectivity index (χ4v) is 4.32. The van der Waals surface area contributed by atoms with Gasteiger partial charge in [-0.2, -0.15) is 5.26 Å². The number of hydrogen-bond acceptors (Lipinski definition) is 2. The zero-order chi connectivity index (χ0) is 25.9. The van der Waals surface area contributed by atoms with Crippen molar-refractivity contribution in [3.8, 4) is 6.07 Å². The topological polar surface area (TPSA) is 61.7 Å². The van der Waals surface area contributed by atoms with Crippen LogP contribution in [0.1, 0.15) is 122 Å². The van der Waals surface area contributed by atoms with E-state index in [0.717, 1.165) is 25.8 Å². The van der Waals surface area contributed by atoms with E-state index in [2.05, 4.69) is 47.2 Å². The van der Waals surface area contributed by atoms with Crippen LogP contribution < -0.4 is 9.88 Å². The van der Waals surface area contributed by atoms with Gasteiger partial charge in [0.25, 0.3) is 0 Å². The Kier molecular flexibility index (Phi) is 21.4. The van der Waals surface area contributed by atoms with Crippen LogP contribution >= 0.6 is 0 Å². The zero-order valence-electron chi connectivity index (χ0n) is 23.1. The van der Waals surface area contributed by atoms with Crippen molar-refractivity contribution in [2.75, 3.05) is 6.54 Å². The first-order valence-electron chi connectivity index (χ1n) is 14.8. The number of aryl methyl sites for hydroxylation is 1. The molecule has 36 heavy (non-hydrogen) atoms. The highest BCUT2D eigenvalue weighted by Gasteiger charge is 2.04. The average Bonchev–Trinajstić information content (AvgIpc) is 3.33. The van der Waals surface area contributed by atoms with E-state index in [0.29, 0.717) is 19.5 Å². The third-order valence-corrected chi connectivity index (χ3v) is 6.55. The van der Waals surface area contributed by atoms with Crippen LogP contribution in [0, 0.1) is 11.3 Å². The van der Waals surface area contributed by atoms with Crippen LogP contribution in [-0.4, -0.2) is 17.0 Å². The van der Waals surface area contributed by atoms with Crippen molar-refractivity contribution in [1.29, 1.82) is 5.26 Å². The quantitative estimate of drug-likeness (QED) is 0.0909. The molecule has 202 valence electrons. The maximum Gasteiger partial charge on any atom is 0.244 e. The van der Waals surface area contributed by atoms with Crippen LogP contribution in [0.5, 0.6) is 0 Å². The fourth-order valence-electron chi connectivity index (χ4n) is 4.32. The Bertz CT molecular complexity index is 744. The predicted octanol–water partition coefficient (Wildman–Crippen LogP) is 7.57. The first-order valence-corrected chi connectivity index (χ1v) is 14.8. The SMILES string of the molecule is CCCCCCCCCCC=CC=CCCCCCCCCC(=O)NCCC[n+]1ccn(CC#N)c1. The van der Waals surface area contributed by atoms with Gasteiger partial charge in [-0.1, -0.05) is 102 Å². The molecule has 1 rings (SSSR count). The number of hydrogen-bond donors (Lipinski definition) is 1. The number of nitrogens with zero attached hydrogens (tertiary/aromatic N) is 3.